The van der Waals surface area contributed by atoms with Crippen LogP contribution in [-0.2, 0) is 16.6 Å². The third kappa shape index (κ3) is 2.74. The third-order valence-corrected chi connectivity index (χ3v) is 2.91. The molecule has 1 amide bonds. The zero-order valence-electron chi connectivity index (χ0n) is 9.98. The van der Waals surface area contributed by atoms with Crippen LogP contribution in [0.25, 0.3) is 0 Å². The Morgan fingerprint density at radius 1 is 1.76 bits per heavy atom. The number of rotatable bonds is 3. The van der Waals surface area contributed by atoms with E-state index < -0.39 is 0 Å². The summed E-state index contributed by atoms with van der Waals surface area (Å²) in [5, 5.41) is 7.13. The van der Waals surface area contributed by atoms with Crippen LogP contribution in [0.5, 0.6) is 0 Å². The van der Waals surface area contributed by atoms with Crippen molar-refractivity contribution in [3.05, 3.63) is 24.4 Å². The predicted octanol–water partition coefficient (Wildman–Crippen LogP) is 1.44. The number of aryl methyl sites for hydroxylation is 1. The lowest BCUT2D eigenvalue weighted by Crippen LogP contribution is -2.16. The number of amides is 1. The Hall–Kier alpha value is -1.62. The van der Waals surface area contributed by atoms with Crippen LogP contribution in [-0.4, -0.2) is 28.9 Å². The summed E-state index contributed by atoms with van der Waals surface area (Å²) >= 11 is 0. The molecular weight excluding hydrogens is 218 g/mol. The highest BCUT2D eigenvalue weighted by atomic mass is 16.5. The average Bonchev–Trinajstić information content (AvgIpc) is 2.72. The van der Waals surface area contributed by atoms with Crippen LogP contribution in [0.4, 0.5) is 5.82 Å². The highest BCUT2D eigenvalue weighted by Gasteiger charge is 2.20. The maximum absolute atomic E-state index is 11.2. The van der Waals surface area contributed by atoms with E-state index in [1.807, 2.05) is 13.1 Å². The highest BCUT2D eigenvalue weighted by Crippen LogP contribution is 2.26. The molecule has 1 saturated heterocycles. The van der Waals surface area contributed by atoms with Gasteiger partial charge in [-0.25, -0.2) is 0 Å². The Morgan fingerprint density at radius 3 is 3.24 bits per heavy atom. The van der Waals surface area contributed by atoms with Crippen LogP contribution in [0.3, 0.4) is 0 Å². The van der Waals surface area contributed by atoms with Crippen molar-refractivity contribution in [2.75, 3.05) is 18.5 Å². The first-order valence-corrected chi connectivity index (χ1v) is 5.76. The van der Waals surface area contributed by atoms with Gasteiger partial charge in [0.05, 0.1) is 12.3 Å². The molecule has 1 unspecified atom stereocenters. The summed E-state index contributed by atoms with van der Waals surface area (Å²) in [6.07, 6.45) is 3.40. The fraction of sp³-hybridized carbons (Fsp3) is 0.500. The molecule has 2 rings (SSSR count). The standard InChI is InChI=1S/C12H17N3O2/c1-3-12(16)13-11-7-10(14-15(11)2)9-5-4-6-17-8-9/h3,7,9H,1,4-6,8H2,2H3,(H,13,16). The van der Waals surface area contributed by atoms with Crippen molar-refractivity contribution in [1.82, 2.24) is 9.78 Å². The molecule has 1 aromatic heterocycles. The van der Waals surface area contributed by atoms with Crippen molar-refractivity contribution in [2.24, 2.45) is 7.05 Å². The zero-order valence-corrected chi connectivity index (χ0v) is 9.98. The number of carbonyl (C=O) groups is 1. The minimum absolute atomic E-state index is 0.223. The first-order chi connectivity index (χ1) is 8.20. The molecule has 1 fully saturated rings. The van der Waals surface area contributed by atoms with Crippen molar-refractivity contribution in [3.8, 4) is 0 Å². The quantitative estimate of drug-likeness (QED) is 0.806. The van der Waals surface area contributed by atoms with E-state index in [0.717, 1.165) is 25.1 Å². The topological polar surface area (TPSA) is 56.1 Å². The van der Waals surface area contributed by atoms with Crippen LogP contribution in [0.1, 0.15) is 24.5 Å². The van der Waals surface area contributed by atoms with E-state index in [0.29, 0.717) is 18.3 Å². The molecular formula is C12H17N3O2. The van der Waals surface area contributed by atoms with Gasteiger partial charge in [-0.3, -0.25) is 9.48 Å². The second-order valence-electron chi connectivity index (χ2n) is 4.19. The lowest BCUT2D eigenvalue weighted by Gasteiger charge is -2.19. The van der Waals surface area contributed by atoms with Gasteiger partial charge in [0.2, 0.25) is 5.91 Å². The molecule has 17 heavy (non-hydrogen) atoms. The molecule has 0 aromatic carbocycles. The first kappa shape index (κ1) is 11.9. The Bertz CT molecular complexity index is 419. The highest BCUT2D eigenvalue weighted by molar-refractivity contribution is 5.98. The molecule has 1 aliphatic heterocycles. The van der Waals surface area contributed by atoms with E-state index in [9.17, 15) is 4.79 Å². The maximum Gasteiger partial charge on any atom is 0.248 e. The smallest absolute Gasteiger partial charge is 0.248 e. The number of anilines is 1. The van der Waals surface area contributed by atoms with Crippen molar-refractivity contribution < 1.29 is 9.53 Å². The molecule has 0 bridgehead atoms. The van der Waals surface area contributed by atoms with Crippen molar-refractivity contribution in [3.63, 3.8) is 0 Å². The summed E-state index contributed by atoms with van der Waals surface area (Å²) in [6, 6.07) is 1.90. The summed E-state index contributed by atoms with van der Waals surface area (Å²) in [5.74, 6) is 0.805. The lowest BCUT2D eigenvalue weighted by atomic mass is 9.99. The van der Waals surface area contributed by atoms with E-state index in [1.165, 1.54) is 6.08 Å². The minimum Gasteiger partial charge on any atom is -0.381 e. The van der Waals surface area contributed by atoms with Gasteiger partial charge < -0.3 is 10.1 Å². The minimum atomic E-state index is -0.223. The number of nitrogens with one attached hydrogen (secondary N) is 1. The van der Waals surface area contributed by atoms with E-state index in [1.54, 1.807) is 4.68 Å². The molecule has 1 aliphatic rings. The number of hydrogen-bond acceptors (Lipinski definition) is 3. The predicted molar refractivity (Wildman–Crippen MR) is 64.8 cm³/mol. The number of ether oxygens (including phenoxy) is 1. The monoisotopic (exact) mass is 235 g/mol. The Kier molecular flexibility index (Phi) is 3.58. The lowest BCUT2D eigenvalue weighted by molar-refractivity contribution is -0.111. The SMILES string of the molecule is C=CC(=O)Nc1cc(C2CCCOC2)nn1C. The summed E-state index contributed by atoms with van der Waals surface area (Å²) in [6.45, 7) is 4.97. The third-order valence-electron chi connectivity index (χ3n) is 2.91. The number of hydrogen-bond donors (Lipinski definition) is 1. The summed E-state index contributed by atoms with van der Waals surface area (Å²) in [4.78, 5) is 11.2. The normalized spacial score (nSPS) is 19.9. The van der Waals surface area contributed by atoms with Crippen LogP contribution < -0.4 is 5.32 Å². The summed E-state index contributed by atoms with van der Waals surface area (Å²) in [7, 11) is 1.81. The fourth-order valence-corrected chi connectivity index (χ4v) is 1.96. The van der Waals surface area contributed by atoms with Gasteiger partial charge in [-0.15, -0.1) is 0 Å². The van der Waals surface area contributed by atoms with Gasteiger partial charge in [0.15, 0.2) is 0 Å². The molecule has 92 valence electrons. The van der Waals surface area contributed by atoms with Crippen LogP contribution in [0, 0.1) is 0 Å². The summed E-state index contributed by atoms with van der Waals surface area (Å²) in [5.41, 5.74) is 0.978. The molecule has 1 N–H and O–H groups in total. The molecule has 1 aromatic rings. The first-order valence-electron chi connectivity index (χ1n) is 5.76. The van der Waals surface area contributed by atoms with Crippen LogP contribution >= 0.6 is 0 Å². The Balaban J connectivity index is 2.11. The van der Waals surface area contributed by atoms with Crippen LogP contribution in [0.2, 0.25) is 0 Å². The number of carbonyl (C=O) groups excluding carboxylic acids is 1. The zero-order chi connectivity index (χ0) is 12.3. The van der Waals surface area contributed by atoms with Gasteiger partial charge in [0, 0.05) is 25.6 Å². The second-order valence-corrected chi connectivity index (χ2v) is 4.19. The maximum atomic E-state index is 11.2. The van der Waals surface area contributed by atoms with Crippen molar-refractivity contribution in [2.45, 2.75) is 18.8 Å². The molecule has 5 nitrogen and oxygen atoms in total. The van der Waals surface area contributed by atoms with E-state index in [-0.39, 0.29) is 5.91 Å². The molecule has 0 aliphatic carbocycles. The molecule has 1 atom stereocenters. The molecule has 0 spiro atoms. The Morgan fingerprint density at radius 2 is 2.59 bits per heavy atom. The molecule has 2 heterocycles. The van der Waals surface area contributed by atoms with Gasteiger partial charge in [-0.1, -0.05) is 6.58 Å². The van der Waals surface area contributed by atoms with Gasteiger partial charge in [0.25, 0.3) is 0 Å². The van der Waals surface area contributed by atoms with E-state index >= 15 is 0 Å². The van der Waals surface area contributed by atoms with Crippen molar-refractivity contribution in [1.29, 1.82) is 0 Å². The molecule has 0 radical (unpaired) electrons. The molecule has 0 saturated carbocycles. The Labute approximate surface area is 100 Å². The van der Waals surface area contributed by atoms with Gasteiger partial charge in [0.1, 0.15) is 5.82 Å². The van der Waals surface area contributed by atoms with Gasteiger partial charge in [-0.2, -0.15) is 5.10 Å². The second kappa shape index (κ2) is 5.14. The van der Waals surface area contributed by atoms with E-state index in [4.69, 9.17) is 4.74 Å². The average molecular weight is 235 g/mol. The van der Waals surface area contributed by atoms with E-state index in [2.05, 4.69) is 17.0 Å². The fourth-order valence-electron chi connectivity index (χ4n) is 1.96. The van der Waals surface area contributed by atoms with Gasteiger partial charge >= 0.3 is 0 Å². The van der Waals surface area contributed by atoms with Crippen LogP contribution in [0.15, 0.2) is 18.7 Å². The largest absolute Gasteiger partial charge is 0.381 e. The van der Waals surface area contributed by atoms with Gasteiger partial charge in [-0.05, 0) is 18.9 Å². The molecule has 5 heteroatoms. The van der Waals surface area contributed by atoms with Crippen molar-refractivity contribution >= 4 is 11.7 Å². The number of aromatic nitrogens is 2. The summed E-state index contributed by atoms with van der Waals surface area (Å²) < 4.78 is 7.11. The number of nitrogens with zero attached hydrogens (tertiary/aromatic N) is 2.